The molecule has 1 aliphatic carbocycles. The zero-order valence-electron chi connectivity index (χ0n) is 13.5. The maximum atomic E-state index is 12.9. The summed E-state index contributed by atoms with van der Waals surface area (Å²) in [5.74, 6) is 0.508. The monoisotopic (exact) mass is 396 g/mol. The number of nitrogens with two attached hydrogens (primary N) is 1. The summed E-state index contributed by atoms with van der Waals surface area (Å²) in [4.78, 5) is 10.0. The number of nitrogens with one attached hydrogen (secondary N) is 1. The normalized spacial score (nSPS) is 15.6. The van der Waals surface area contributed by atoms with Gasteiger partial charge in [0, 0.05) is 28.6 Å². The van der Waals surface area contributed by atoms with Crippen molar-refractivity contribution >= 4 is 50.2 Å². The largest absolute Gasteiger partial charge is 0.377 e. The highest BCUT2D eigenvalue weighted by atomic mass is 35.5. The third kappa shape index (κ3) is 3.65. The Morgan fingerprint density at radius 1 is 1.44 bits per heavy atom. The van der Waals surface area contributed by atoms with Crippen LogP contribution in [0.25, 0.3) is 10.2 Å². The summed E-state index contributed by atoms with van der Waals surface area (Å²) in [7, 11) is 0. The van der Waals surface area contributed by atoms with Crippen LogP contribution in [0.5, 0.6) is 0 Å². The summed E-state index contributed by atoms with van der Waals surface area (Å²) >= 11 is 9.55. The first-order valence-corrected chi connectivity index (χ1v) is 10.3. The topological polar surface area (TPSA) is 63.8 Å². The van der Waals surface area contributed by atoms with E-state index in [-0.39, 0.29) is 0 Å². The Bertz CT molecular complexity index is 877. The fourth-order valence-electron chi connectivity index (χ4n) is 2.98. The molecule has 25 heavy (non-hydrogen) atoms. The molecular formula is C17H18ClFN4S2. The fraction of sp³-hybridized carbons (Fsp3) is 0.412. The average molecular weight is 397 g/mol. The third-order valence-electron chi connectivity index (χ3n) is 4.27. The van der Waals surface area contributed by atoms with E-state index in [1.807, 2.05) is 11.4 Å². The quantitative estimate of drug-likeness (QED) is 0.566. The number of fused-ring (bicyclic) bond motifs is 1. The number of alkyl halides is 1. The van der Waals surface area contributed by atoms with Gasteiger partial charge in [-0.25, -0.2) is 14.4 Å². The van der Waals surface area contributed by atoms with Crippen LogP contribution in [0.1, 0.15) is 34.2 Å². The van der Waals surface area contributed by atoms with Gasteiger partial charge in [0.2, 0.25) is 0 Å². The second kappa shape index (κ2) is 7.15. The van der Waals surface area contributed by atoms with Crippen molar-refractivity contribution in [3.05, 3.63) is 38.2 Å². The van der Waals surface area contributed by atoms with Crippen LogP contribution in [0.4, 0.5) is 10.1 Å². The molecule has 0 aromatic carbocycles. The van der Waals surface area contributed by atoms with Crippen LogP contribution in [-0.2, 0) is 13.0 Å². The van der Waals surface area contributed by atoms with Crippen LogP contribution in [0.2, 0.25) is 5.15 Å². The summed E-state index contributed by atoms with van der Waals surface area (Å²) < 4.78 is 14.0. The number of thiophene rings is 1. The minimum Gasteiger partial charge on any atom is -0.377 e. The Morgan fingerprint density at radius 2 is 2.28 bits per heavy atom. The third-order valence-corrected chi connectivity index (χ3v) is 6.49. The van der Waals surface area contributed by atoms with Crippen molar-refractivity contribution in [2.75, 3.05) is 12.0 Å². The molecule has 3 N–H and O–H groups in total. The van der Waals surface area contributed by atoms with Gasteiger partial charge in [-0.3, -0.25) is 0 Å². The first-order valence-electron chi connectivity index (χ1n) is 8.21. The standard InChI is InChI=1S/C17H18ClFN4S2/c18-13-6-11(22-8-14-21-3-4-24-14)17-16(23-13)15(9-1-2-9)12(25-17)5-10(20)7-19/h3-4,6,9-10H,1-2,5,7-8,20H2,(H,22,23)/t10-/m1/s1. The molecule has 132 valence electrons. The Kier molecular flexibility index (Phi) is 4.90. The molecule has 1 fully saturated rings. The van der Waals surface area contributed by atoms with Gasteiger partial charge in [0.25, 0.3) is 0 Å². The van der Waals surface area contributed by atoms with Crippen molar-refractivity contribution in [1.29, 1.82) is 0 Å². The molecule has 1 atom stereocenters. The van der Waals surface area contributed by atoms with Crippen molar-refractivity contribution < 1.29 is 4.39 Å². The number of rotatable bonds is 7. The van der Waals surface area contributed by atoms with Gasteiger partial charge >= 0.3 is 0 Å². The van der Waals surface area contributed by atoms with Gasteiger partial charge in [-0.15, -0.1) is 22.7 Å². The summed E-state index contributed by atoms with van der Waals surface area (Å²) in [6.07, 6.45) is 4.65. The molecule has 8 heteroatoms. The highest BCUT2D eigenvalue weighted by molar-refractivity contribution is 7.20. The molecule has 4 nitrogen and oxygen atoms in total. The SMILES string of the molecule is N[C@@H](CF)Cc1sc2c(NCc3nccs3)cc(Cl)nc2c1C1CC1. The van der Waals surface area contributed by atoms with Gasteiger partial charge in [-0.1, -0.05) is 11.6 Å². The van der Waals surface area contributed by atoms with E-state index in [0.29, 0.717) is 24.0 Å². The maximum absolute atomic E-state index is 12.9. The van der Waals surface area contributed by atoms with E-state index in [0.717, 1.165) is 38.6 Å². The number of nitrogens with zero attached hydrogens (tertiary/aromatic N) is 2. The Labute approximate surface area is 158 Å². The molecule has 0 amide bonds. The minimum absolute atomic E-state index is 0.465. The molecule has 4 rings (SSSR count). The summed E-state index contributed by atoms with van der Waals surface area (Å²) in [5.41, 5.74) is 9.00. The molecule has 1 saturated carbocycles. The summed E-state index contributed by atoms with van der Waals surface area (Å²) in [6.45, 7) is 0.130. The highest BCUT2D eigenvalue weighted by Gasteiger charge is 2.31. The number of aromatic nitrogens is 2. The van der Waals surface area contributed by atoms with Gasteiger partial charge in [0.1, 0.15) is 16.8 Å². The summed E-state index contributed by atoms with van der Waals surface area (Å²) in [6, 6.07) is 1.39. The lowest BCUT2D eigenvalue weighted by molar-refractivity contribution is 0.428. The number of pyridine rings is 1. The van der Waals surface area contributed by atoms with Gasteiger partial charge < -0.3 is 11.1 Å². The summed E-state index contributed by atoms with van der Waals surface area (Å²) in [5, 5.41) is 6.87. The molecule has 0 unspecified atom stereocenters. The molecule has 0 spiro atoms. The second-order valence-electron chi connectivity index (χ2n) is 6.28. The van der Waals surface area contributed by atoms with Gasteiger partial charge in [-0.05, 0) is 30.7 Å². The number of thiazole rings is 1. The minimum atomic E-state index is -0.512. The predicted molar refractivity (Wildman–Crippen MR) is 104 cm³/mol. The number of hydrogen-bond acceptors (Lipinski definition) is 6. The molecule has 0 radical (unpaired) electrons. The molecule has 0 aliphatic heterocycles. The maximum Gasteiger partial charge on any atom is 0.131 e. The van der Waals surface area contributed by atoms with Crippen LogP contribution < -0.4 is 11.1 Å². The number of hydrogen-bond donors (Lipinski definition) is 2. The van der Waals surface area contributed by atoms with E-state index in [1.54, 1.807) is 28.9 Å². The van der Waals surface area contributed by atoms with E-state index in [2.05, 4.69) is 15.3 Å². The van der Waals surface area contributed by atoms with E-state index < -0.39 is 12.7 Å². The molecular weight excluding hydrogens is 379 g/mol. The second-order valence-corrected chi connectivity index (χ2v) is 8.75. The average Bonchev–Trinajstić information content (AvgIpc) is 3.16. The molecule has 0 saturated heterocycles. The lowest BCUT2D eigenvalue weighted by Crippen LogP contribution is -2.24. The van der Waals surface area contributed by atoms with Gasteiger partial charge in [0.05, 0.1) is 22.4 Å². The van der Waals surface area contributed by atoms with Crippen molar-refractivity contribution in [2.45, 2.75) is 37.8 Å². The van der Waals surface area contributed by atoms with E-state index in [4.69, 9.17) is 17.3 Å². The van der Waals surface area contributed by atoms with Crippen molar-refractivity contribution in [3.63, 3.8) is 0 Å². The lowest BCUT2D eigenvalue weighted by atomic mass is 10.1. The Balaban J connectivity index is 1.74. The first-order chi connectivity index (χ1) is 12.2. The zero-order valence-corrected chi connectivity index (χ0v) is 15.9. The van der Waals surface area contributed by atoms with Crippen LogP contribution in [-0.4, -0.2) is 22.7 Å². The van der Waals surface area contributed by atoms with Crippen LogP contribution >= 0.6 is 34.3 Å². The predicted octanol–water partition coefficient (Wildman–Crippen LogP) is 4.74. The van der Waals surface area contributed by atoms with Gasteiger partial charge in [-0.2, -0.15) is 0 Å². The molecule has 3 heterocycles. The van der Waals surface area contributed by atoms with Crippen LogP contribution in [0.15, 0.2) is 17.6 Å². The highest BCUT2D eigenvalue weighted by Crippen LogP contribution is 2.49. The number of anilines is 1. The van der Waals surface area contributed by atoms with E-state index in [1.165, 1.54) is 5.56 Å². The van der Waals surface area contributed by atoms with E-state index >= 15 is 0 Å². The fourth-order valence-corrected chi connectivity index (χ4v) is 5.14. The molecule has 1 aliphatic rings. The molecule has 0 bridgehead atoms. The van der Waals surface area contributed by atoms with Crippen molar-refractivity contribution in [2.24, 2.45) is 5.73 Å². The lowest BCUT2D eigenvalue weighted by Gasteiger charge is -2.07. The van der Waals surface area contributed by atoms with Crippen molar-refractivity contribution in [1.82, 2.24) is 9.97 Å². The van der Waals surface area contributed by atoms with E-state index in [9.17, 15) is 4.39 Å². The Morgan fingerprint density at radius 3 is 2.96 bits per heavy atom. The Hall–Kier alpha value is -1.28. The van der Waals surface area contributed by atoms with Crippen LogP contribution in [0, 0.1) is 0 Å². The zero-order chi connectivity index (χ0) is 17.4. The van der Waals surface area contributed by atoms with Gasteiger partial charge in [0.15, 0.2) is 0 Å². The van der Waals surface area contributed by atoms with Crippen molar-refractivity contribution in [3.8, 4) is 0 Å². The van der Waals surface area contributed by atoms with Crippen LogP contribution in [0.3, 0.4) is 0 Å². The smallest absolute Gasteiger partial charge is 0.131 e. The molecule has 3 aromatic heterocycles. The molecule has 3 aromatic rings. The number of halogens is 2. The first kappa shape index (κ1) is 17.1.